The van der Waals surface area contributed by atoms with Crippen molar-refractivity contribution in [2.75, 3.05) is 13.7 Å². The monoisotopic (exact) mass is 388 g/mol. The molecule has 0 fully saturated rings. The molecule has 0 bridgehead atoms. The quantitative estimate of drug-likeness (QED) is 0.681. The van der Waals surface area contributed by atoms with Gasteiger partial charge in [-0.2, -0.15) is 9.90 Å². The maximum Gasteiger partial charge on any atom is 0.361 e. The zero-order valence-electron chi connectivity index (χ0n) is 16.3. The van der Waals surface area contributed by atoms with Gasteiger partial charge in [0.15, 0.2) is 12.3 Å². The van der Waals surface area contributed by atoms with E-state index < -0.39 is 30.5 Å². The fourth-order valence-corrected chi connectivity index (χ4v) is 2.51. The van der Waals surface area contributed by atoms with E-state index in [1.54, 1.807) is 19.1 Å². The van der Waals surface area contributed by atoms with E-state index in [2.05, 4.69) is 20.3 Å². The van der Waals surface area contributed by atoms with E-state index >= 15 is 0 Å². The number of carbonyl (C=O) groups is 3. The maximum atomic E-state index is 12.3. The number of aryl methyl sites for hydroxylation is 1. The van der Waals surface area contributed by atoms with Crippen LogP contribution in [0.1, 0.15) is 36.5 Å². The van der Waals surface area contributed by atoms with Crippen LogP contribution in [0.2, 0.25) is 0 Å². The third-order valence-corrected chi connectivity index (χ3v) is 3.83. The maximum absolute atomic E-state index is 12.3. The number of methoxy groups -OCH3 is 1. The summed E-state index contributed by atoms with van der Waals surface area (Å²) in [6.45, 7) is 4.92. The van der Waals surface area contributed by atoms with Crippen LogP contribution < -0.4 is 5.32 Å². The number of nitrogens with one attached hydrogen (secondary N) is 1. The molecule has 0 spiro atoms. The first-order valence-electron chi connectivity index (χ1n) is 8.85. The third-order valence-electron chi connectivity index (χ3n) is 3.83. The molecule has 1 atom stereocenters. The van der Waals surface area contributed by atoms with Crippen LogP contribution in [0.15, 0.2) is 30.3 Å². The molecular formula is C19H24N4O5. The Labute approximate surface area is 163 Å². The average molecular weight is 388 g/mol. The van der Waals surface area contributed by atoms with Crippen molar-refractivity contribution in [2.45, 2.75) is 33.2 Å². The van der Waals surface area contributed by atoms with Gasteiger partial charge in [-0.25, -0.2) is 9.59 Å². The third kappa shape index (κ3) is 5.63. The summed E-state index contributed by atoms with van der Waals surface area (Å²) in [7, 11) is 1.25. The van der Waals surface area contributed by atoms with Gasteiger partial charge >= 0.3 is 11.9 Å². The van der Waals surface area contributed by atoms with Crippen LogP contribution >= 0.6 is 0 Å². The molecule has 0 aliphatic heterocycles. The topological polar surface area (TPSA) is 112 Å². The summed E-state index contributed by atoms with van der Waals surface area (Å²) in [6, 6.07) is 8.30. The number of carbonyl (C=O) groups excluding carboxylic acids is 3. The van der Waals surface area contributed by atoms with Gasteiger partial charge in [-0.3, -0.25) is 4.79 Å². The van der Waals surface area contributed by atoms with E-state index in [9.17, 15) is 14.4 Å². The zero-order valence-corrected chi connectivity index (χ0v) is 16.3. The summed E-state index contributed by atoms with van der Waals surface area (Å²) in [5.74, 6) is -1.75. The second kappa shape index (κ2) is 9.63. The average Bonchev–Trinajstić information content (AvgIpc) is 3.07. The molecule has 1 unspecified atom stereocenters. The van der Waals surface area contributed by atoms with Gasteiger partial charge in [0.2, 0.25) is 0 Å². The highest BCUT2D eigenvalue weighted by Crippen LogP contribution is 2.10. The molecule has 0 saturated heterocycles. The van der Waals surface area contributed by atoms with Crippen molar-refractivity contribution in [2.24, 2.45) is 5.92 Å². The SMILES string of the molecule is COC(=O)C(CC(C)C)NC(=O)COC(=O)c1nn(-c2ccccc2)nc1C. The number of esters is 2. The molecular weight excluding hydrogens is 364 g/mol. The second-order valence-electron chi connectivity index (χ2n) is 6.61. The predicted molar refractivity (Wildman–Crippen MR) is 99.8 cm³/mol. The van der Waals surface area contributed by atoms with Crippen LogP contribution in [-0.4, -0.2) is 52.6 Å². The molecule has 0 radical (unpaired) electrons. The van der Waals surface area contributed by atoms with Crippen LogP contribution in [0.5, 0.6) is 0 Å². The van der Waals surface area contributed by atoms with Gasteiger partial charge in [-0.1, -0.05) is 32.0 Å². The molecule has 1 heterocycles. The summed E-state index contributed by atoms with van der Waals surface area (Å²) in [5, 5.41) is 10.8. The Morgan fingerprint density at radius 1 is 1.14 bits per heavy atom. The van der Waals surface area contributed by atoms with Crippen LogP contribution in [0.25, 0.3) is 5.69 Å². The van der Waals surface area contributed by atoms with E-state index in [1.165, 1.54) is 11.9 Å². The van der Waals surface area contributed by atoms with Gasteiger partial charge in [0.25, 0.3) is 5.91 Å². The lowest BCUT2D eigenvalue weighted by molar-refractivity contribution is -0.145. The van der Waals surface area contributed by atoms with E-state index in [1.807, 2.05) is 32.0 Å². The molecule has 150 valence electrons. The molecule has 1 amide bonds. The number of para-hydroxylation sites is 1. The van der Waals surface area contributed by atoms with Crippen molar-refractivity contribution in [1.82, 2.24) is 20.3 Å². The lowest BCUT2D eigenvalue weighted by atomic mass is 10.0. The van der Waals surface area contributed by atoms with E-state index in [0.29, 0.717) is 17.8 Å². The first-order chi connectivity index (χ1) is 13.3. The fourth-order valence-electron chi connectivity index (χ4n) is 2.51. The number of ether oxygens (including phenoxy) is 2. The molecule has 9 heteroatoms. The molecule has 1 aromatic heterocycles. The highest BCUT2D eigenvalue weighted by atomic mass is 16.5. The molecule has 2 aromatic rings. The largest absolute Gasteiger partial charge is 0.467 e. The molecule has 0 aliphatic carbocycles. The first kappa shape index (κ1) is 21.1. The summed E-state index contributed by atoms with van der Waals surface area (Å²) >= 11 is 0. The zero-order chi connectivity index (χ0) is 20.7. The number of nitrogens with zero attached hydrogens (tertiary/aromatic N) is 3. The minimum Gasteiger partial charge on any atom is -0.467 e. The number of aromatic nitrogens is 3. The molecule has 28 heavy (non-hydrogen) atoms. The van der Waals surface area contributed by atoms with Gasteiger partial charge in [-0.15, -0.1) is 5.10 Å². The first-order valence-corrected chi connectivity index (χ1v) is 8.85. The minimum atomic E-state index is -0.795. The molecule has 0 saturated carbocycles. The van der Waals surface area contributed by atoms with Crippen LogP contribution in [0.3, 0.4) is 0 Å². The molecule has 1 N–H and O–H groups in total. The van der Waals surface area contributed by atoms with Gasteiger partial charge in [0.05, 0.1) is 18.5 Å². The second-order valence-corrected chi connectivity index (χ2v) is 6.61. The number of hydrogen-bond donors (Lipinski definition) is 1. The highest BCUT2D eigenvalue weighted by Gasteiger charge is 2.24. The lowest BCUT2D eigenvalue weighted by Gasteiger charge is -2.18. The molecule has 0 aliphatic rings. The molecule has 2 rings (SSSR count). The van der Waals surface area contributed by atoms with Gasteiger partial charge in [0, 0.05) is 0 Å². The Hall–Kier alpha value is -3.23. The van der Waals surface area contributed by atoms with Gasteiger partial charge < -0.3 is 14.8 Å². The minimum absolute atomic E-state index is 0.0170. The predicted octanol–water partition coefficient (Wildman–Crippen LogP) is 1.44. The summed E-state index contributed by atoms with van der Waals surface area (Å²) in [5.41, 5.74) is 1.09. The van der Waals surface area contributed by atoms with Crippen molar-refractivity contribution >= 4 is 17.8 Å². The summed E-state index contributed by atoms with van der Waals surface area (Å²) in [6.07, 6.45) is 0.414. The Morgan fingerprint density at radius 2 is 1.82 bits per heavy atom. The Morgan fingerprint density at radius 3 is 2.43 bits per heavy atom. The van der Waals surface area contributed by atoms with Crippen LogP contribution in [0.4, 0.5) is 0 Å². The number of benzene rings is 1. The lowest BCUT2D eigenvalue weighted by Crippen LogP contribution is -2.44. The van der Waals surface area contributed by atoms with E-state index in [4.69, 9.17) is 4.74 Å². The number of rotatable bonds is 8. The Bertz CT molecular complexity index is 832. The number of hydrogen-bond acceptors (Lipinski definition) is 7. The van der Waals surface area contributed by atoms with Crippen LogP contribution in [0, 0.1) is 12.8 Å². The smallest absolute Gasteiger partial charge is 0.361 e. The molecule has 1 aromatic carbocycles. The highest BCUT2D eigenvalue weighted by molar-refractivity contribution is 5.91. The van der Waals surface area contributed by atoms with Gasteiger partial charge in [-0.05, 0) is 31.4 Å². The van der Waals surface area contributed by atoms with Crippen molar-refractivity contribution < 1.29 is 23.9 Å². The van der Waals surface area contributed by atoms with Gasteiger partial charge in [0.1, 0.15) is 6.04 Å². The van der Waals surface area contributed by atoms with E-state index in [-0.39, 0.29) is 11.6 Å². The van der Waals surface area contributed by atoms with Crippen molar-refractivity contribution in [3.8, 4) is 5.69 Å². The van der Waals surface area contributed by atoms with Crippen molar-refractivity contribution in [3.63, 3.8) is 0 Å². The van der Waals surface area contributed by atoms with E-state index in [0.717, 1.165) is 0 Å². The standard InChI is InChI=1S/C19H24N4O5/c1-12(2)10-15(18(25)27-4)20-16(24)11-28-19(26)17-13(3)21-23(22-17)14-8-6-5-7-9-14/h5-9,12,15H,10-11H2,1-4H3,(H,20,24). The van der Waals surface area contributed by atoms with Crippen LogP contribution in [-0.2, 0) is 19.1 Å². The Balaban J connectivity index is 1.97. The summed E-state index contributed by atoms with van der Waals surface area (Å²) in [4.78, 5) is 37.4. The fraction of sp³-hybridized carbons (Fsp3) is 0.421. The summed E-state index contributed by atoms with van der Waals surface area (Å²) < 4.78 is 9.71. The normalized spacial score (nSPS) is 11.8. The Kier molecular flexibility index (Phi) is 7.25. The van der Waals surface area contributed by atoms with Crippen molar-refractivity contribution in [3.05, 3.63) is 41.7 Å². The molecule has 9 nitrogen and oxygen atoms in total. The number of amides is 1. The van der Waals surface area contributed by atoms with Crippen molar-refractivity contribution in [1.29, 1.82) is 0 Å².